The Kier molecular flexibility index (Phi) is 38.4. The van der Waals surface area contributed by atoms with E-state index in [4.69, 9.17) is 90.8 Å². The van der Waals surface area contributed by atoms with Crippen molar-refractivity contribution in [2.75, 3.05) is 26.4 Å². The van der Waals surface area contributed by atoms with Gasteiger partial charge in [0.25, 0.3) is 25.0 Å². The lowest BCUT2D eigenvalue weighted by molar-refractivity contribution is -0.369. The Bertz CT molecular complexity index is 5650. The zero-order valence-corrected chi connectivity index (χ0v) is 91.6. The Balaban J connectivity index is 0.776. The van der Waals surface area contributed by atoms with Gasteiger partial charge in [0.15, 0.2) is 37.7 Å². The lowest BCUT2D eigenvalue weighted by atomic mass is 9.85. The second kappa shape index (κ2) is 50.6. The van der Waals surface area contributed by atoms with E-state index in [9.17, 15) is 16.6 Å². The highest BCUT2D eigenvalue weighted by molar-refractivity contribution is 7.00. The van der Waals surface area contributed by atoms with E-state index in [1.54, 1.807) is 0 Å². The Morgan fingerprint density at radius 3 is 0.803 bits per heavy atom. The van der Waals surface area contributed by atoms with Crippen molar-refractivity contribution in [2.24, 2.45) is 56.8 Å². The van der Waals surface area contributed by atoms with E-state index < -0.39 is 199 Å². The number of hydrogen-bond acceptors (Lipinski definition) is 21. The number of benzene rings is 9. The molecule has 12 unspecified atom stereocenters. The van der Waals surface area contributed by atoms with Gasteiger partial charge in [-0.15, -0.1) is 12.3 Å². The molecule has 9 aromatic rings. The molecule has 147 heavy (non-hydrogen) atoms. The molecule has 6 heterocycles. The molecule has 30 atom stereocenters. The van der Waals surface area contributed by atoms with Crippen LogP contribution in [-0.4, -0.2) is 193 Å². The zero-order valence-electron chi connectivity index (χ0n) is 88.6. The smallest absolute Gasteiger partial charge is 0.261 e. The highest BCUT2D eigenvalue weighted by Crippen LogP contribution is 2.49. The van der Waals surface area contributed by atoms with Gasteiger partial charge in [-0.1, -0.05) is 399 Å². The number of ether oxygens (including phenoxy) is 15. The van der Waals surface area contributed by atoms with E-state index in [-0.39, 0.29) is 63.7 Å². The average molecular weight is 2060 g/mol. The first kappa shape index (κ1) is 112. The van der Waals surface area contributed by atoms with Crippen molar-refractivity contribution in [1.82, 2.24) is 0 Å². The molecule has 9 aromatic carbocycles. The molecule has 15 rings (SSSR count). The molecule has 0 aromatic heterocycles. The molecule has 30 heteroatoms. The van der Waals surface area contributed by atoms with Crippen LogP contribution in [0.5, 0.6) is 0 Å². The van der Waals surface area contributed by atoms with Gasteiger partial charge in [0.05, 0.1) is 119 Å². The van der Waals surface area contributed by atoms with Crippen molar-refractivity contribution >= 4 is 56.1 Å². The Morgan fingerprint density at radius 2 is 0.531 bits per heavy atom. The molecule has 0 spiro atoms. The summed E-state index contributed by atoms with van der Waals surface area (Å²) < 4.78 is 134. The summed E-state index contributed by atoms with van der Waals surface area (Å²) in [6, 6.07) is 89.7. The molecular formula is C117H151N9O18Si3. The quantitative estimate of drug-likeness (QED) is 0.00858. The predicted molar refractivity (Wildman–Crippen MR) is 576 cm³/mol. The maximum absolute atomic E-state index is 11.2. The minimum atomic E-state index is -3.45. The van der Waals surface area contributed by atoms with Crippen LogP contribution in [0.15, 0.2) is 288 Å². The number of unbranched alkanes of at least 4 members (excludes halogenated alkanes) is 1. The molecule has 6 aliphatic rings. The van der Waals surface area contributed by atoms with Gasteiger partial charge in [-0.25, -0.2) is 0 Å². The van der Waals surface area contributed by atoms with Crippen molar-refractivity contribution in [2.45, 2.75) is 321 Å². The summed E-state index contributed by atoms with van der Waals surface area (Å²) in [6.45, 7) is 41.2. The first-order chi connectivity index (χ1) is 70.8. The Hall–Kier alpha value is -9.60. The molecule has 0 bridgehead atoms. The Morgan fingerprint density at radius 1 is 0.286 bits per heavy atom. The van der Waals surface area contributed by atoms with E-state index in [1.165, 1.54) is 0 Å². The Labute approximate surface area is 872 Å². The van der Waals surface area contributed by atoms with Gasteiger partial charge in [0.2, 0.25) is 0 Å². The molecule has 784 valence electrons. The van der Waals surface area contributed by atoms with Gasteiger partial charge in [0.1, 0.15) is 30.5 Å². The van der Waals surface area contributed by atoms with Crippen molar-refractivity contribution in [3.8, 4) is 12.3 Å². The van der Waals surface area contributed by atoms with Crippen LogP contribution in [0.2, 0.25) is 15.1 Å². The number of rotatable bonds is 41. The van der Waals surface area contributed by atoms with Crippen molar-refractivity contribution in [3.05, 3.63) is 321 Å². The highest BCUT2D eigenvalue weighted by Gasteiger charge is 2.61. The van der Waals surface area contributed by atoms with Crippen LogP contribution in [-0.2, 0) is 104 Å². The maximum atomic E-state index is 11.2. The van der Waals surface area contributed by atoms with Crippen molar-refractivity contribution in [3.63, 3.8) is 0 Å². The largest absolute Gasteiger partial charge is 0.405 e. The molecular weight excluding hydrogens is 1900 g/mol. The predicted octanol–water partition coefficient (Wildman–Crippen LogP) is 20.7. The van der Waals surface area contributed by atoms with Crippen LogP contribution in [0.25, 0.3) is 31.3 Å². The normalized spacial score (nSPS) is 31.0. The van der Waals surface area contributed by atoms with Gasteiger partial charge in [-0.2, -0.15) is 0 Å². The van der Waals surface area contributed by atoms with Crippen LogP contribution in [0.1, 0.15) is 161 Å². The summed E-state index contributed by atoms with van der Waals surface area (Å²) in [5.74, 6) is -0.799. The van der Waals surface area contributed by atoms with Crippen LogP contribution in [0.4, 0.5) is 0 Å². The number of azide groups is 3. The van der Waals surface area contributed by atoms with Gasteiger partial charge in [-0.05, 0) is 124 Å². The zero-order chi connectivity index (χ0) is 104. The molecule has 0 radical (unpaired) electrons. The minimum Gasteiger partial charge on any atom is -0.405 e. The van der Waals surface area contributed by atoms with E-state index in [0.29, 0.717) is 19.4 Å². The fourth-order valence-corrected chi connectivity index (χ4v) is 36.7. The van der Waals surface area contributed by atoms with E-state index in [2.05, 4.69) is 277 Å². The first-order valence-corrected chi connectivity index (χ1v) is 58.1. The molecule has 6 saturated heterocycles. The number of terminal acetylenes is 1. The summed E-state index contributed by atoms with van der Waals surface area (Å²) in [5, 5.41) is 18.7. The first-order valence-electron chi connectivity index (χ1n) is 52.4. The number of hydrogen-bond donors (Lipinski definition) is 0. The molecule has 6 fully saturated rings. The lowest BCUT2D eigenvalue weighted by Crippen LogP contribution is -2.68. The summed E-state index contributed by atoms with van der Waals surface area (Å²) in [4.78, 5) is 10.6. The van der Waals surface area contributed by atoms with Crippen LogP contribution < -0.4 is 31.1 Å². The summed E-state index contributed by atoms with van der Waals surface area (Å²) in [7, 11) is -10.0. The second-order valence-electron chi connectivity index (χ2n) is 43.7. The summed E-state index contributed by atoms with van der Waals surface area (Å²) in [6.07, 6.45) is -10.9. The molecule has 27 nitrogen and oxygen atoms in total. The van der Waals surface area contributed by atoms with Crippen molar-refractivity contribution < 1.29 is 84.3 Å². The lowest BCUT2D eigenvalue weighted by Gasteiger charge is -2.52. The van der Waals surface area contributed by atoms with E-state index >= 15 is 0 Å². The SMILES string of the molecule is C#CCCCO[C@@H]1OC(CO[Si](c2ccccc2)(c2ccccc2)C(C)(C)C)[C@@H](O[C@@H]2OC(C)[C@@H](O[C@@H]3OC(CO[Si](c4ccccc4)(c4ccccc4)C(C)(C)C)[C@@H](O[C@@H]4OC(C)[C@@H](O[C@@H]5OC(CO[Si](c6ccccc6)(c6ccccc6)C(C)(C)C)[C@@H](O[C@@H]6OC(C)[C@@H](C)[C@@H](OCc7ccccc7)C6C)[C@H](C)C5N=[N+]=[N-])[C@@H](OCc5ccccc5)C4C)[C@H](C)C3N=[N+]=[N-])[C@@H](OCc3ccccc3)C2C)[C@H](C)C1N=[N+]=[N-]. The third-order valence-corrected chi connectivity index (χ3v) is 46.0. The highest BCUT2D eigenvalue weighted by atomic mass is 28.4. The minimum absolute atomic E-state index is 0.00254. The fourth-order valence-electron chi connectivity index (χ4n) is 23.0. The third-order valence-electron chi connectivity index (χ3n) is 31.0. The average Bonchev–Trinajstić information content (AvgIpc) is 0.746. The molecule has 0 N–H and O–H groups in total. The monoisotopic (exact) mass is 2050 g/mol. The third kappa shape index (κ3) is 25.1. The maximum Gasteiger partial charge on any atom is 0.261 e. The van der Waals surface area contributed by atoms with Gasteiger partial charge >= 0.3 is 0 Å². The van der Waals surface area contributed by atoms with Gasteiger partial charge < -0.3 is 84.3 Å². The van der Waals surface area contributed by atoms with Crippen molar-refractivity contribution in [1.29, 1.82) is 0 Å². The van der Waals surface area contributed by atoms with Gasteiger partial charge in [-0.3, -0.25) is 0 Å². The molecule has 0 amide bonds. The fraction of sp³-hybridized carbons (Fsp3) is 0.521. The summed E-state index contributed by atoms with van der Waals surface area (Å²) in [5.41, 5.74) is 35.4. The van der Waals surface area contributed by atoms with Crippen LogP contribution in [0, 0.1) is 53.8 Å². The van der Waals surface area contributed by atoms with Crippen LogP contribution >= 0.6 is 0 Å². The van der Waals surface area contributed by atoms with Crippen LogP contribution in [0.3, 0.4) is 0 Å². The molecule has 0 saturated carbocycles. The molecule has 0 aliphatic carbocycles. The number of nitrogens with zero attached hydrogens (tertiary/aromatic N) is 9. The van der Waals surface area contributed by atoms with Gasteiger partial charge in [0, 0.05) is 44.8 Å². The second-order valence-corrected chi connectivity index (χ2v) is 56.7. The molecule has 6 aliphatic heterocycles. The standard InChI is InChI=1S/C117H151N9O18Si3/c1-21-22-50-69-127-112-98(121-124-118)77(3)102(95(137-112)73-131-145(115(12,13)14,89-57-38-26-39-58-89)90-59-40-27-41-60-90)141-110-81(7)105(129-71-87-53-34-24-35-54-87)107(84(10)135-110)144-114-100(123-126-120)79(5)104(97(139-114)75-133-147(117(18,19)20,93-65-46-30-47-66-93)94-67-48-31-49-68-94)142-111-82(8)106(130-72-88-55-36-25-37-56-88)108(85(11)136-111)143-113-99(122-125-119)78(4)103(140-109-80(6)101(76(2)83(9)134-109)128-70-86-51-32-23-33-52-86)96(138-113)74-132-146(116(15,16)17,91-61-42-28-43-62-91)92-63-44-29-45-64-92/h1,23-49,51-68,76-85,95-114H,22,50,69-75H2,2-20H3/t76-,77-,78-,79-,80?,81?,82?,83?,84?,85?,95?,96?,97?,98?,99?,100?,101-,102+,103+,104+,105+,106+,107-,108-,109+,110+,111+,112-,113+,114+/m1/s1. The topological polar surface area (TPSA) is 312 Å². The summed E-state index contributed by atoms with van der Waals surface area (Å²) >= 11 is 0. The van der Waals surface area contributed by atoms with E-state index in [0.717, 1.165) is 47.8 Å². The van der Waals surface area contributed by atoms with E-state index in [1.807, 2.05) is 164 Å².